The number of esters is 2. The summed E-state index contributed by atoms with van der Waals surface area (Å²) in [6, 6.07) is 0. The van der Waals surface area contributed by atoms with Crippen LogP contribution in [0.25, 0.3) is 0 Å². The van der Waals surface area contributed by atoms with Crippen molar-refractivity contribution in [2.24, 2.45) is 0 Å². The lowest BCUT2D eigenvalue weighted by Crippen LogP contribution is -2.29. The van der Waals surface area contributed by atoms with Crippen LogP contribution < -0.4 is 5.32 Å². The third-order valence-corrected chi connectivity index (χ3v) is 9.87. The van der Waals surface area contributed by atoms with E-state index in [9.17, 15) is 19.0 Å². The minimum atomic E-state index is -4.34. The number of phosphoric ester groups is 1. The first-order valence-corrected chi connectivity index (χ1v) is 22.1. The van der Waals surface area contributed by atoms with Crippen molar-refractivity contribution >= 4 is 19.8 Å². The number of allylic oxidation sites excluding steroid dienone is 2. The van der Waals surface area contributed by atoms with E-state index >= 15 is 0 Å². The Morgan fingerprint density at radius 1 is 0.600 bits per heavy atom. The van der Waals surface area contributed by atoms with Gasteiger partial charge in [0.05, 0.1) is 13.2 Å². The SMILES string of the molecule is CCCCCCCC/C=C\CCCCCCCC(=O)OC[C@H](COP(=O)(O)OCCNC)OC(=O)CCCCCCCCCCCCCCC. The first-order chi connectivity index (χ1) is 24.3. The molecule has 10 heteroatoms. The molecule has 0 bridgehead atoms. The van der Waals surface area contributed by atoms with Crippen molar-refractivity contribution in [3.63, 3.8) is 0 Å². The molecule has 0 saturated carbocycles. The molecule has 0 rings (SSSR count). The van der Waals surface area contributed by atoms with E-state index < -0.39 is 26.5 Å². The number of carbonyl (C=O) groups is 2. The molecule has 0 amide bonds. The van der Waals surface area contributed by atoms with Crippen LogP contribution in [0.5, 0.6) is 0 Å². The molecular formula is C40H78NO8P. The highest BCUT2D eigenvalue weighted by molar-refractivity contribution is 7.47. The number of likely N-dealkylation sites (N-methyl/N-ethyl adjacent to an activating group) is 1. The second-order valence-electron chi connectivity index (χ2n) is 13.8. The molecule has 0 aromatic carbocycles. The van der Waals surface area contributed by atoms with Crippen molar-refractivity contribution in [1.82, 2.24) is 5.32 Å². The molecule has 0 heterocycles. The minimum Gasteiger partial charge on any atom is -0.462 e. The Morgan fingerprint density at radius 3 is 1.48 bits per heavy atom. The van der Waals surface area contributed by atoms with Gasteiger partial charge in [-0.15, -0.1) is 0 Å². The normalized spacial score (nSPS) is 13.4. The van der Waals surface area contributed by atoms with Gasteiger partial charge in [-0.05, 0) is 45.6 Å². The third-order valence-electron chi connectivity index (χ3n) is 8.89. The monoisotopic (exact) mass is 732 g/mol. The van der Waals surface area contributed by atoms with Gasteiger partial charge in [-0.1, -0.05) is 154 Å². The molecule has 0 aromatic rings. The van der Waals surface area contributed by atoms with Crippen LogP contribution in [0.2, 0.25) is 0 Å². The van der Waals surface area contributed by atoms with Crippen molar-refractivity contribution in [1.29, 1.82) is 0 Å². The van der Waals surface area contributed by atoms with Gasteiger partial charge in [0.2, 0.25) is 0 Å². The van der Waals surface area contributed by atoms with Gasteiger partial charge in [0.1, 0.15) is 6.61 Å². The van der Waals surface area contributed by atoms with Gasteiger partial charge >= 0.3 is 19.8 Å². The van der Waals surface area contributed by atoms with Crippen LogP contribution in [-0.2, 0) is 32.7 Å². The van der Waals surface area contributed by atoms with Gasteiger partial charge in [0.15, 0.2) is 6.10 Å². The fourth-order valence-electron chi connectivity index (χ4n) is 5.72. The zero-order valence-corrected chi connectivity index (χ0v) is 33.5. The molecule has 0 aromatic heterocycles. The molecule has 2 atom stereocenters. The van der Waals surface area contributed by atoms with Crippen LogP contribution in [0.4, 0.5) is 0 Å². The van der Waals surface area contributed by atoms with E-state index in [-0.39, 0.29) is 32.0 Å². The molecule has 0 radical (unpaired) electrons. The van der Waals surface area contributed by atoms with E-state index in [1.54, 1.807) is 7.05 Å². The number of ether oxygens (including phenoxy) is 2. The molecule has 1 unspecified atom stereocenters. The Bertz CT molecular complexity index is 840. The molecule has 0 aliphatic heterocycles. The van der Waals surface area contributed by atoms with E-state index in [2.05, 4.69) is 31.3 Å². The fourth-order valence-corrected chi connectivity index (χ4v) is 6.48. The van der Waals surface area contributed by atoms with Gasteiger partial charge in [-0.25, -0.2) is 4.57 Å². The summed E-state index contributed by atoms with van der Waals surface area (Å²) in [4.78, 5) is 34.9. The van der Waals surface area contributed by atoms with Crippen LogP contribution >= 0.6 is 7.82 Å². The molecule has 0 fully saturated rings. The Hall–Kier alpha value is -1.25. The molecule has 0 aliphatic rings. The maximum atomic E-state index is 12.6. The highest BCUT2D eigenvalue weighted by Crippen LogP contribution is 2.43. The smallest absolute Gasteiger partial charge is 0.462 e. The lowest BCUT2D eigenvalue weighted by Gasteiger charge is -2.20. The van der Waals surface area contributed by atoms with Crippen molar-refractivity contribution in [3.05, 3.63) is 12.2 Å². The summed E-state index contributed by atoms with van der Waals surface area (Å²) in [6.07, 6.45) is 35.3. The summed E-state index contributed by atoms with van der Waals surface area (Å²) in [7, 11) is -2.64. The van der Waals surface area contributed by atoms with E-state index in [0.29, 0.717) is 13.0 Å². The summed E-state index contributed by atoms with van der Waals surface area (Å²) in [5, 5.41) is 2.82. The summed E-state index contributed by atoms with van der Waals surface area (Å²) in [5.41, 5.74) is 0. The van der Waals surface area contributed by atoms with E-state index in [1.807, 2.05) is 0 Å². The maximum Gasteiger partial charge on any atom is 0.472 e. The van der Waals surface area contributed by atoms with Gasteiger partial charge < -0.3 is 19.7 Å². The quantitative estimate of drug-likeness (QED) is 0.0275. The first kappa shape index (κ1) is 48.8. The van der Waals surface area contributed by atoms with Crippen LogP contribution in [-0.4, -0.2) is 56.3 Å². The van der Waals surface area contributed by atoms with E-state index in [0.717, 1.165) is 51.4 Å². The van der Waals surface area contributed by atoms with Crippen molar-refractivity contribution < 1.29 is 37.6 Å². The number of hydrogen-bond acceptors (Lipinski definition) is 8. The van der Waals surface area contributed by atoms with Gasteiger partial charge in [0, 0.05) is 19.4 Å². The largest absolute Gasteiger partial charge is 0.472 e. The predicted octanol–water partition coefficient (Wildman–Crippen LogP) is 11.3. The molecule has 0 saturated heterocycles. The van der Waals surface area contributed by atoms with Gasteiger partial charge in [-0.3, -0.25) is 18.6 Å². The van der Waals surface area contributed by atoms with Gasteiger partial charge in [-0.2, -0.15) is 0 Å². The van der Waals surface area contributed by atoms with Crippen molar-refractivity contribution in [3.8, 4) is 0 Å². The lowest BCUT2D eigenvalue weighted by atomic mass is 10.0. The Kier molecular flexibility index (Phi) is 36.6. The highest BCUT2D eigenvalue weighted by Gasteiger charge is 2.26. The Labute approximate surface area is 307 Å². The Balaban J connectivity index is 4.24. The molecule has 9 nitrogen and oxygen atoms in total. The highest BCUT2D eigenvalue weighted by atomic mass is 31.2. The zero-order valence-electron chi connectivity index (χ0n) is 32.6. The second kappa shape index (κ2) is 37.5. The number of rotatable bonds is 39. The third kappa shape index (κ3) is 36.5. The number of hydrogen-bond donors (Lipinski definition) is 2. The number of phosphoric acid groups is 1. The molecule has 2 N–H and O–H groups in total. The zero-order chi connectivity index (χ0) is 36.8. The number of unbranched alkanes of at least 4 members (excludes halogenated alkanes) is 23. The van der Waals surface area contributed by atoms with E-state index in [1.165, 1.54) is 109 Å². The predicted molar refractivity (Wildman–Crippen MR) is 206 cm³/mol. The summed E-state index contributed by atoms with van der Waals surface area (Å²) in [5.74, 6) is -0.809. The molecular weight excluding hydrogens is 653 g/mol. The van der Waals surface area contributed by atoms with Crippen molar-refractivity contribution in [2.75, 3.05) is 33.4 Å². The molecule has 0 aliphatic carbocycles. The second-order valence-corrected chi connectivity index (χ2v) is 15.3. The van der Waals surface area contributed by atoms with Crippen LogP contribution in [0, 0.1) is 0 Å². The van der Waals surface area contributed by atoms with Gasteiger partial charge in [0.25, 0.3) is 0 Å². The van der Waals surface area contributed by atoms with Crippen LogP contribution in [0.1, 0.15) is 194 Å². The first-order valence-electron chi connectivity index (χ1n) is 20.6. The van der Waals surface area contributed by atoms with Crippen LogP contribution in [0.3, 0.4) is 0 Å². The maximum absolute atomic E-state index is 12.6. The number of nitrogens with one attached hydrogen (secondary N) is 1. The lowest BCUT2D eigenvalue weighted by molar-refractivity contribution is -0.161. The summed E-state index contributed by atoms with van der Waals surface area (Å²) < 4.78 is 33.1. The Morgan fingerprint density at radius 2 is 1.02 bits per heavy atom. The average Bonchev–Trinajstić information content (AvgIpc) is 3.09. The minimum absolute atomic E-state index is 0.0152. The number of carbonyl (C=O) groups excluding carboxylic acids is 2. The van der Waals surface area contributed by atoms with Crippen LogP contribution in [0.15, 0.2) is 12.2 Å². The standard InChI is InChI=1S/C40H78NO8P/c1-4-6-8-10-12-14-16-18-19-21-22-24-26-28-30-32-39(42)46-36-38(37-48-50(44,45)47-35-34-41-3)49-40(43)33-31-29-27-25-23-20-17-15-13-11-9-7-5-2/h18-19,38,41H,4-17,20-37H2,1-3H3,(H,44,45)/b19-18-/t38-/m1/s1. The fraction of sp³-hybridized carbons (Fsp3) is 0.900. The molecule has 0 spiro atoms. The van der Waals surface area contributed by atoms with E-state index in [4.69, 9.17) is 18.5 Å². The molecule has 296 valence electrons. The average molecular weight is 732 g/mol. The topological polar surface area (TPSA) is 120 Å². The summed E-state index contributed by atoms with van der Waals surface area (Å²) in [6.45, 7) is 4.22. The van der Waals surface area contributed by atoms with Crippen molar-refractivity contribution in [2.45, 2.75) is 200 Å². The summed E-state index contributed by atoms with van der Waals surface area (Å²) >= 11 is 0. The molecule has 50 heavy (non-hydrogen) atoms.